The molecule has 0 aliphatic heterocycles. The van der Waals surface area contributed by atoms with Crippen LogP contribution in [0.25, 0.3) is 0 Å². The number of ether oxygens (including phenoxy) is 2. The highest BCUT2D eigenvalue weighted by molar-refractivity contribution is 5.60. The molecule has 112 valence electrons. The number of hydrogen-bond donors (Lipinski definition) is 1. The molecule has 0 amide bonds. The molecule has 1 unspecified atom stereocenters. The van der Waals surface area contributed by atoms with E-state index in [1.165, 1.54) is 0 Å². The molecule has 4 heteroatoms. The predicted molar refractivity (Wildman–Crippen MR) is 85.1 cm³/mol. The average molecular weight is 286 g/mol. The van der Waals surface area contributed by atoms with Crippen molar-refractivity contribution in [3.63, 3.8) is 0 Å². The lowest BCUT2D eigenvalue weighted by atomic mass is 10.2. The van der Waals surface area contributed by atoms with E-state index < -0.39 is 0 Å². The summed E-state index contributed by atoms with van der Waals surface area (Å²) in [4.78, 5) is 4.37. The molecule has 1 aromatic heterocycles. The molecular weight excluding hydrogens is 264 g/mol. The monoisotopic (exact) mass is 286 g/mol. The van der Waals surface area contributed by atoms with Crippen LogP contribution in [0.15, 0.2) is 42.6 Å². The summed E-state index contributed by atoms with van der Waals surface area (Å²) < 4.78 is 11.2. The van der Waals surface area contributed by atoms with Crippen molar-refractivity contribution >= 4 is 5.69 Å². The van der Waals surface area contributed by atoms with Crippen molar-refractivity contribution in [2.24, 2.45) is 0 Å². The lowest BCUT2D eigenvalue weighted by Gasteiger charge is -2.18. The second-order valence-electron chi connectivity index (χ2n) is 4.64. The Morgan fingerprint density at radius 1 is 1.10 bits per heavy atom. The molecule has 0 bridgehead atoms. The van der Waals surface area contributed by atoms with E-state index in [9.17, 15) is 0 Å². The van der Waals surface area contributed by atoms with Crippen LogP contribution in [0.4, 0.5) is 5.69 Å². The molecule has 1 atom stereocenters. The molecule has 0 saturated heterocycles. The third-order valence-corrected chi connectivity index (χ3v) is 3.07. The summed E-state index contributed by atoms with van der Waals surface area (Å²) in [6.45, 7) is 7.29. The van der Waals surface area contributed by atoms with Gasteiger partial charge in [-0.15, -0.1) is 0 Å². The Kier molecular flexibility index (Phi) is 5.43. The van der Waals surface area contributed by atoms with Crippen LogP contribution in [-0.4, -0.2) is 18.2 Å². The molecule has 0 aliphatic carbocycles. The van der Waals surface area contributed by atoms with Crippen molar-refractivity contribution in [3.05, 3.63) is 48.3 Å². The van der Waals surface area contributed by atoms with Gasteiger partial charge >= 0.3 is 0 Å². The summed E-state index contributed by atoms with van der Waals surface area (Å²) >= 11 is 0. The predicted octanol–water partition coefficient (Wildman–Crippen LogP) is 4.05. The maximum atomic E-state index is 5.67. The van der Waals surface area contributed by atoms with Crippen LogP contribution in [0.3, 0.4) is 0 Å². The summed E-state index contributed by atoms with van der Waals surface area (Å²) in [6.07, 6.45) is 1.80. The molecule has 1 N–H and O–H groups in total. The molecule has 21 heavy (non-hydrogen) atoms. The van der Waals surface area contributed by atoms with Crippen molar-refractivity contribution in [2.75, 3.05) is 18.5 Å². The van der Waals surface area contributed by atoms with Crippen molar-refractivity contribution < 1.29 is 9.47 Å². The van der Waals surface area contributed by atoms with Crippen molar-refractivity contribution in [3.8, 4) is 11.5 Å². The van der Waals surface area contributed by atoms with Crippen LogP contribution in [0.1, 0.15) is 32.5 Å². The maximum absolute atomic E-state index is 5.67. The summed E-state index contributed by atoms with van der Waals surface area (Å²) in [7, 11) is 0. The van der Waals surface area contributed by atoms with Gasteiger partial charge in [0.1, 0.15) is 11.5 Å². The standard InChI is InChI=1S/C17H22N2O2/c1-4-20-14-9-10-17(21-5-2)16(12-14)19-13(3)15-8-6-7-11-18-15/h6-13,19H,4-5H2,1-3H3. The molecule has 0 fully saturated rings. The lowest BCUT2D eigenvalue weighted by molar-refractivity contribution is 0.331. The zero-order valence-electron chi connectivity index (χ0n) is 12.8. The number of benzene rings is 1. The maximum Gasteiger partial charge on any atom is 0.142 e. The van der Waals surface area contributed by atoms with Crippen LogP contribution in [0, 0.1) is 0 Å². The smallest absolute Gasteiger partial charge is 0.142 e. The van der Waals surface area contributed by atoms with Gasteiger partial charge in [0.15, 0.2) is 0 Å². The molecule has 2 rings (SSSR count). The van der Waals surface area contributed by atoms with E-state index in [1.807, 2.05) is 50.2 Å². The lowest BCUT2D eigenvalue weighted by Crippen LogP contribution is -2.10. The van der Waals surface area contributed by atoms with Gasteiger partial charge in [-0.1, -0.05) is 6.07 Å². The Morgan fingerprint density at radius 2 is 1.90 bits per heavy atom. The number of nitrogens with zero attached hydrogens (tertiary/aromatic N) is 1. The van der Waals surface area contributed by atoms with Gasteiger partial charge < -0.3 is 14.8 Å². The van der Waals surface area contributed by atoms with Crippen LogP contribution in [0.2, 0.25) is 0 Å². The van der Waals surface area contributed by atoms with E-state index in [-0.39, 0.29) is 6.04 Å². The Bertz CT molecular complexity index is 558. The highest BCUT2D eigenvalue weighted by Gasteiger charge is 2.11. The minimum Gasteiger partial charge on any atom is -0.494 e. The average Bonchev–Trinajstić information content (AvgIpc) is 2.51. The fraction of sp³-hybridized carbons (Fsp3) is 0.353. The highest BCUT2D eigenvalue weighted by Crippen LogP contribution is 2.32. The number of rotatable bonds is 7. The largest absolute Gasteiger partial charge is 0.494 e. The molecule has 0 radical (unpaired) electrons. The van der Waals surface area contributed by atoms with Gasteiger partial charge in [-0.05, 0) is 45.0 Å². The third-order valence-electron chi connectivity index (χ3n) is 3.07. The minimum absolute atomic E-state index is 0.0854. The van der Waals surface area contributed by atoms with E-state index in [4.69, 9.17) is 9.47 Å². The van der Waals surface area contributed by atoms with Gasteiger partial charge in [0.2, 0.25) is 0 Å². The molecular formula is C17H22N2O2. The summed E-state index contributed by atoms with van der Waals surface area (Å²) in [5, 5.41) is 3.44. The fourth-order valence-electron chi connectivity index (χ4n) is 2.10. The first-order valence-electron chi connectivity index (χ1n) is 7.31. The second-order valence-corrected chi connectivity index (χ2v) is 4.64. The van der Waals surface area contributed by atoms with Gasteiger partial charge in [0.25, 0.3) is 0 Å². The third kappa shape index (κ3) is 4.12. The first kappa shape index (κ1) is 15.2. The highest BCUT2D eigenvalue weighted by atomic mass is 16.5. The molecule has 2 aromatic rings. The van der Waals surface area contributed by atoms with Gasteiger partial charge in [0.05, 0.1) is 30.6 Å². The zero-order valence-corrected chi connectivity index (χ0v) is 12.8. The number of pyridine rings is 1. The van der Waals surface area contributed by atoms with E-state index in [1.54, 1.807) is 6.20 Å². The Morgan fingerprint density at radius 3 is 2.57 bits per heavy atom. The molecule has 0 aliphatic rings. The van der Waals surface area contributed by atoms with E-state index in [2.05, 4.69) is 17.2 Å². The first-order valence-corrected chi connectivity index (χ1v) is 7.31. The van der Waals surface area contributed by atoms with Crippen LogP contribution in [0.5, 0.6) is 11.5 Å². The summed E-state index contributed by atoms with van der Waals surface area (Å²) in [6, 6.07) is 11.8. The number of anilines is 1. The fourth-order valence-corrected chi connectivity index (χ4v) is 2.10. The Hall–Kier alpha value is -2.23. The molecule has 0 spiro atoms. The van der Waals surface area contributed by atoms with E-state index in [0.29, 0.717) is 13.2 Å². The number of aromatic nitrogens is 1. The minimum atomic E-state index is 0.0854. The molecule has 0 saturated carbocycles. The Balaban J connectivity index is 2.21. The van der Waals surface area contributed by atoms with E-state index >= 15 is 0 Å². The zero-order chi connectivity index (χ0) is 15.1. The number of nitrogens with one attached hydrogen (secondary N) is 1. The summed E-state index contributed by atoms with van der Waals surface area (Å²) in [5.41, 5.74) is 1.91. The molecule has 1 aromatic carbocycles. The SMILES string of the molecule is CCOc1ccc(OCC)c(NC(C)c2ccccn2)c1. The van der Waals surface area contributed by atoms with Gasteiger partial charge in [-0.3, -0.25) is 4.98 Å². The molecule has 4 nitrogen and oxygen atoms in total. The Labute approximate surface area is 126 Å². The first-order chi connectivity index (χ1) is 10.2. The normalized spacial score (nSPS) is 11.8. The second kappa shape index (κ2) is 7.53. The van der Waals surface area contributed by atoms with Crippen LogP contribution < -0.4 is 14.8 Å². The molecule has 1 heterocycles. The van der Waals surface area contributed by atoms with Crippen LogP contribution in [-0.2, 0) is 0 Å². The van der Waals surface area contributed by atoms with Gasteiger partial charge in [-0.2, -0.15) is 0 Å². The van der Waals surface area contributed by atoms with E-state index in [0.717, 1.165) is 22.9 Å². The van der Waals surface area contributed by atoms with Gasteiger partial charge in [-0.25, -0.2) is 0 Å². The quantitative estimate of drug-likeness (QED) is 0.834. The van der Waals surface area contributed by atoms with Crippen molar-refractivity contribution in [1.82, 2.24) is 4.98 Å². The van der Waals surface area contributed by atoms with Crippen molar-refractivity contribution in [2.45, 2.75) is 26.8 Å². The van der Waals surface area contributed by atoms with Crippen LogP contribution >= 0.6 is 0 Å². The number of hydrogen-bond acceptors (Lipinski definition) is 4. The topological polar surface area (TPSA) is 43.4 Å². The van der Waals surface area contributed by atoms with Gasteiger partial charge in [0, 0.05) is 12.3 Å². The van der Waals surface area contributed by atoms with Crippen molar-refractivity contribution in [1.29, 1.82) is 0 Å². The summed E-state index contributed by atoms with van der Waals surface area (Å²) in [5.74, 6) is 1.65.